The number of hydrogen-bond acceptors (Lipinski definition) is 7. The molecule has 0 radical (unpaired) electrons. The lowest BCUT2D eigenvalue weighted by molar-refractivity contribution is -0.135. The topological polar surface area (TPSA) is 89.8 Å². The number of likely N-dealkylation sites (tertiary alicyclic amines) is 2. The van der Waals surface area contributed by atoms with Gasteiger partial charge in [-0.1, -0.05) is 30.3 Å². The number of amides is 1. The van der Waals surface area contributed by atoms with E-state index in [-0.39, 0.29) is 18.1 Å². The molecule has 1 aromatic carbocycles. The monoisotopic (exact) mass is 519 g/mol. The van der Waals surface area contributed by atoms with Gasteiger partial charge in [0.15, 0.2) is 6.29 Å². The minimum Gasteiger partial charge on any atom is -0.493 e. The van der Waals surface area contributed by atoms with E-state index in [9.17, 15) is 4.79 Å². The van der Waals surface area contributed by atoms with Crippen LogP contribution in [0.5, 0.6) is 5.75 Å². The molecule has 3 heterocycles. The molecular formula is C30H41N5O3. The number of aliphatic imine (C=N–C) groups is 1. The van der Waals surface area contributed by atoms with Crippen molar-refractivity contribution in [2.45, 2.75) is 64.6 Å². The van der Waals surface area contributed by atoms with Gasteiger partial charge < -0.3 is 20.2 Å². The van der Waals surface area contributed by atoms with Gasteiger partial charge in [-0.25, -0.2) is 0 Å². The van der Waals surface area contributed by atoms with Crippen molar-refractivity contribution in [2.24, 2.45) is 22.0 Å². The number of nitrogens with zero attached hydrogens (tertiary/aromatic N) is 4. The molecule has 4 aliphatic rings. The van der Waals surface area contributed by atoms with E-state index in [0.29, 0.717) is 31.8 Å². The molecule has 1 aromatic rings. The Hall–Kier alpha value is -3.13. The van der Waals surface area contributed by atoms with Crippen molar-refractivity contribution in [3.05, 3.63) is 47.7 Å². The van der Waals surface area contributed by atoms with E-state index in [1.54, 1.807) is 0 Å². The molecule has 3 aliphatic heterocycles. The highest BCUT2D eigenvalue weighted by atomic mass is 16.5. The van der Waals surface area contributed by atoms with Crippen molar-refractivity contribution >= 4 is 23.4 Å². The number of carbonyl (C=O) groups is 1. The largest absolute Gasteiger partial charge is 0.493 e. The third kappa shape index (κ3) is 6.46. The molecule has 0 spiro atoms. The summed E-state index contributed by atoms with van der Waals surface area (Å²) in [7, 11) is 0. The van der Waals surface area contributed by atoms with Gasteiger partial charge in [-0.3, -0.25) is 14.7 Å². The number of oxime groups is 1. The number of hydrogen-bond donors (Lipinski definition) is 2. The average Bonchev–Trinajstić information content (AvgIpc) is 3.00. The van der Waals surface area contributed by atoms with Crippen molar-refractivity contribution in [3.8, 4) is 5.75 Å². The van der Waals surface area contributed by atoms with Gasteiger partial charge in [-0.2, -0.15) is 0 Å². The molecule has 0 aromatic heterocycles. The molecule has 5 rings (SSSR count). The number of allylic oxidation sites excluding steroid dienone is 3. The Balaban J connectivity index is 1.04. The highest BCUT2D eigenvalue weighted by molar-refractivity contribution is 5.88. The maximum absolute atomic E-state index is 12.9. The van der Waals surface area contributed by atoms with Crippen LogP contribution in [0.4, 0.5) is 0 Å². The fourth-order valence-electron chi connectivity index (χ4n) is 5.83. The van der Waals surface area contributed by atoms with Gasteiger partial charge in [0.1, 0.15) is 5.75 Å². The summed E-state index contributed by atoms with van der Waals surface area (Å²) >= 11 is 0. The second-order valence-corrected chi connectivity index (χ2v) is 10.9. The molecule has 1 aliphatic carbocycles. The maximum atomic E-state index is 12.9. The van der Waals surface area contributed by atoms with Gasteiger partial charge in [0, 0.05) is 57.4 Å². The molecule has 0 bridgehead atoms. The minimum atomic E-state index is 0.0614. The summed E-state index contributed by atoms with van der Waals surface area (Å²) in [6.45, 7) is 6.29. The van der Waals surface area contributed by atoms with Crippen LogP contribution < -0.4 is 10.1 Å². The van der Waals surface area contributed by atoms with Crippen LogP contribution in [-0.4, -0.2) is 71.9 Å². The summed E-state index contributed by atoms with van der Waals surface area (Å²) in [6, 6.07) is 8.46. The number of piperidine rings is 2. The number of benzene rings is 1. The van der Waals surface area contributed by atoms with Crippen molar-refractivity contribution in [1.82, 2.24) is 15.1 Å². The molecule has 1 amide bonds. The van der Waals surface area contributed by atoms with E-state index in [0.717, 1.165) is 69.7 Å². The zero-order valence-electron chi connectivity index (χ0n) is 22.5. The second kappa shape index (κ2) is 12.6. The molecule has 0 saturated carbocycles. The van der Waals surface area contributed by atoms with Crippen molar-refractivity contribution < 1.29 is 14.7 Å². The molecule has 2 saturated heterocycles. The molecular weight excluding hydrogens is 478 g/mol. The molecule has 2 atom stereocenters. The van der Waals surface area contributed by atoms with Crippen molar-refractivity contribution in [3.63, 3.8) is 0 Å². The lowest BCUT2D eigenvalue weighted by atomic mass is 9.85. The first kappa shape index (κ1) is 26.5. The first-order valence-corrected chi connectivity index (χ1v) is 14.3. The summed E-state index contributed by atoms with van der Waals surface area (Å²) in [5.41, 5.74) is 4.58. The zero-order chi connectivity index (χ0) is 26.3. The van der Waals surface area contributed by atoms with Crippen molar-refractivity contribution in [1.29, 1.82) is 0 Å². The predicted molar refractivity (Wildman–Crippen MR) is 150 cm³/mol. The van der Waals surface area contributed by atoms with E-state index in [1.807, 2.05) is 11.1 Å². The van der Waals surface area contributed by atoms with Crippen LogP contribution in [0, 0.1) is 11.8 Å². The van der Waals surface area contributed by atoms with Gasteiger partial charge >= 0.3 is 0 Å². The van der Waals surface area contributed by atoms with Crippen LogP contribution in [0.15, 0.2) is 52.3 Å². The minimum absolute atomic E-state index is 0.0614. The van der Waals surface area contributed by atoms with E-state index in [2.05, 4.69) is 63.8 Å². The summed E-state index contributed by atoms with van der Waals surface area (Å²) in [5.74, 6) is 1.80. The highest BCUT2D eigenvalue weighted by Gasteiger charge is 2.29. The van der Waals surface area contributed by atoms with Crippen LogP contribution in [0.2, 0.25) is 0 Å². The van der Waals surface area contributed by atoms with Crippen LogP contribution in [0.3, 0.4) is 0 Å². The Morgan fingerprint density at radius 3 is 2.47 bits per heavy atom. The average molecular weight is 520 g/mol. The first-order valence-electron chi connectivity index (χ1n) is 14.3. The number of carbonyl (C=O) groups excluding carboxylic acids is 1. The van der Waals surface area contributed by atoms with Gasteiger partial charge in [-0.05, 0) is 73.3 Å². The lowest BCUT2D eigenvalue weighted by Gasteiger charge is -2.36. The number of nitrogens with one attached hydrogen (secondary N) is 1. The standard InChI is InChI=1S/C30H41N5O3/c1-2-22-19-31-30(32-20-22)35-15-11-23(12-16-35)21-38-28-9-7-25(8-10-28)24-3-5-26(6-4-24)29(36)34-17-13-27(33-37)14-18-34/h3,7-10,19-20,23,26,30-31,37H,2,4-6,11-18,21H2,1H3. The Morgan fingerprint density at radius 1 is 1.11 bits per heavy atom. The predicted octanol–water partition coefficient (Wildman–Crippen LogP) is 4.67. The number of rotatable bonds is 7. The number of ether oxygens (including phenoxy) is 1. The van der Waals surface area contributed by atoms with E-state index >= 15 is 0 Å². The van der Waals surface area contributed by atoms with E-state index in [4.69, 9.17) is 9.94 Å². The van der Waals surface area contributed by atoms with Gasteiger partial charge in [0.05, 0.1) is 12.3 Å². The molecule has 2 unspecified atom stereocenters. The van der Waals surface area contributed by atoms with E-state index < -0.39 is 0 Å². The smallest absolute Gasteiger partial charge is 0.226 e. The van der Waals surface area contributed by atoms with Crippen LogP contribution in [0.25, 0.3) is 5.57 Å². The van der Waals surface area contributed by atoms with Crippen LogP contribution in [-0.2, 0) is 4.79 Å². The second-order valence-electron chi connectivity index (χ2n) is 10.9. The van der Waals surface area contributed by atoms with Gasteiger partial charge in [0.25, 0.3) is 0 Å². The molecule has 8 heteroatoms. The third-order valence-corrected chi connectivity index (χ3v) is 8.47. The molecule has 2 fully saturated rings. The third-order valence-electron chi connectivity index (χ3n) is 8.47. The van der Waals surface area contributed by atoms with Crippen molar-refractivity contribution in [2.75, 3.05) is 32.8 Å². The Kier molecular flexibility index (Phi) is 8.79. The quantitative estimate of drug-likeness (QED) is 0.404. The van der Waals surface area contributed by atoms with Crippen LogP contribution in [0.1, 0.15) is 63.9 Å². The summed E-state index contributed by atoms with van der Waals surface area (Å²) in [6.07, 6.45) is 13.6. The molecule has 8 nitrogen and oxygen atoms in total. The maximum Gasteiger partial charge on any atom is 0.226 e. The Bertz CT molecular complexity index is 1080. The summed E-state index contributed by atoms with van der Waals surface area (Å²) in [4.78, 5) is 21.9. The highest BCUT2D eigenvalue weighted by Crippen LogP contribution is 2.32. The normalized spacial score (nSPS) is 24.9. The van der Waals surface area contributed by atoms with Gasteiger partial charge in [0.2, 0.25) is 5.91 Å². The lowest BCUT2D eigenvalue weighted by Crippen LogP contribution is -2.48. The molecule has 38 heavy (non-hydrogen) atoms. The molecule has 2 N–H and O–H groups in total. The zero-order valence-corrected chi connectivity index (χ0v) is 22.5. The summed E-state index contributed by atoms with van der Waals surface area (Å²) in [5, 5.41) is 15.7. The molecule has 204 valence electrons. The SMILES string of the molecule is CCC1=CNC(N2CCC(COc3ccc(C4=CCC(C(=O)N5CCC(=NO)CC5)CC4)cc3)CC2)N=C1. The fourth-order valence-corrected chi connectivity index (χ4v) is 5.83. The van der Waals surface area contributed by atoms with Gasteiger partial charge in [-0.15, -0.1) is 0 Å². The van der Waals surface area contributed by atoms with Crippen LogP contribution >= 0.6 is 0 Å². The Labute approximate surface area is 226 Å². The first-order chi connectivity index (χ1) is 18.6. The summed E-state index contributed by atoms with van der Waals surface area (Å²) < 4.78 is 6.16. The fraction of sp³-hybridized carbons (Fsp3) is 0.567. The van der Waals surface area contributed by atoms with E-state index in [1.165, 1.54) is 16.7 Å². The Morgan fingerprint density at radius 2 is 1.87 bits per heavy atom.